The summed E-state index contributed by atoms with van der Waals surface area (Å²) in [6, 6.07) is 10.5. The van der Waals surface area contributed by atoms with Gasteiger partial charge in [0.15, 0.2) is 0 Å². The van der Waals surface area contributed by atoms with Crippen LogP contribution < -0.4 is 0 Å². The van der Waals surface area contributed by atoms with Crippen LogP contribution in [0.4, 0.5) is 0 Å². The number of halogens is 1. The standard InChI is InChI=1S/C12H12BrNO/c13-11-3-1-2-10(6-11)7-12(8-14)4-5-15-9-12/h1-3,6H,4-5,7,9H2. The SMILES string of the molecule is N#CC1(Cc2cccc(Br)c2)CCOC1. The fraction of sp³-hybridized carbons (Fsp3) is 0.417. The van der Waals surface area contributed by atoms with Crippen LogP contribution >= 0.6 is 15.9 Å². The van der Waals surface area contributed by atoms with Crippen LogP contribution in [0, 0.1) is 16.7 Å². The van der Waals surface area contributed by atoms with Crippen molar-refractivity contribution in [2.24, 2.45) is 5.41 Å². The molecule has 0 amide bonds. The van der Waals surface area contributed by atoms with Gasteiger partial charge >= 0.3 is 0 Å². The molecule has 0 bridgehead atoms. The summed E-state index contributed by atoms with van der Waals surface area (Å²) in [5.74, 6) is 0. The smallest absolute Gasteiger partial charge is 0.0868 e. The fourth-order valence-electron chi connectivity index (χ4n) is 1.91. The van der Waals surface area contributed by atoms with E-state index < -0.39 is 0 Å². The van der Waals surface area contributed by atoms with E-state index in [0.29, 0.717) is 13.2 Å². The normalized spacial score (nSPS) is 25.1. The Hall–Kier alpha value is -0.850. The lowest BCUT2D eigenvalue weighted by Gasteiger charge is -2.18. The molecule has 1 aliphatic rings. The van der Waals surface area contributed by atoms with E-state index in [1.807, 2.05) is 12.1 Å². The number of rotatable bonds is 2. The molecule has 0 spiro atoms. The van der Waals surface area contributed by atoms with Crippen molar-refractivity contribution in [2.45, 2.75) is 12.8 Å². The number of benzene rings is 1. The van der Waals surface area contributed by atoms with E-state index in [9.17, 15) is 5.26 Å². The molecule has 1 fully saturated rings. The summed E-state index contributed by atoms with van der Waals surface area (Å²) in [6.45, 7) is 1.28. The summed E-state index contributed by atoms with van der Waals surface area (Å²) >= 11 is 3.44. The van der Waals surface area contributed by atoms with Crippen molar-refractivity contribution in [3.05, 3.63) is 34.3 Å². The van der Waals surface area contributed by atoms with Crippen molar-refractivity contribution in [1.29, 1.82) is 5.26 Å². The van der Waals surface area contributed by atoms with Crippen LogP contribution in [0.3, 0.4) is 0 Å². The highest BCUT2D eigenvalue weighted by atomic mass is 79.9. The molecule has 0 aromatic heterocycles. The van der Waals surface area contributed by atoms with Gasteiger partial charge in [0.2, 0.25) is 0 Å². The highest BCUT2D eigenvalue weighted by Crippen LogP contribution is 2.32. The largest absolute Gasteiger partial charge is 0.380 e. The van der Waals surface area contributed by atoms with Crippen LogP contribution in [0.1, 0.15) is 12.0 Å². The van der Waals surface area contributed by atoms with Crippen molar-refractivity contribution in [3.63, 3.8) is 0 Å². The van der Waals surface area contributed by atoms with Gasteiger partial charge in [0.1, 0.15) is 0 Å². The van der Waals surface area contributed by atoms with Gasteiger partial charge in [-0.2, -0.15) is 5.26 Å². The van der Waals surface area contributed by atoms with E-state index in [4.69, 9.17) is 4.74 Å². The Labute approximate surface area is 98.0 Å². The van der Waals surface area contributed by atoms with E-state index in [1.54, 1.807) is 0 Å². The molecule has 1 aromatic carbocycles. The zero-order valence-electron chi connectivity index (χ0n) is 8.37. The van der Waals surface area contributed by atoms with Gasteiger partial charge in [-0.1, -0.05) is 28.1 Å². The van der Waals surface area contributed by atoms with Crippen molar-refractivity contribution in [3.8, 4) is 6.07 Å². The van der Waals surface area contributed by atoms with Crippen LogP contribution in [0.15, 0.2) is 28.7 Å². The highest BCUT2D eigenvalue weighted by Gasteiger charge is 2.35. The molecule has 1 unspecified atom stereocenters. The third-order valence-corrected chi connectivity index (χ3v) is 3.27. The number of nitriles is 1. The van der Waals surface area contributed by atoms with Crippen molar-refractivity contribution < 1.29 is 4.74 Å². The van der Waals surface area contributed by atoms with Gasteiger partial charge in [0.05, 0.1) is 18.1 Å². The lowest BCUT2D eigenvalue weighted by molar-refractivity contribution is 0.171. The first-order valence-corrected chi connectivity index (χ1v) is 5.77. The van der Waals surface area contributed by atoms with Crippen LogP contribution in [-0.4, -0.2) is 13.2 Å². The van der Waals surface area contributed by atoms with E-state index in [1.165, 1.54) is 5.56 Å². The van der Waals surface area contributed by atoms with Crippen molar-refractivity contribution in [2.75, 3.05) is 13.2 Å². The molecular formula is C12H12BrNO. The molecule has 1 heterocycles. The first-order chi connectivity index (χ1) is 7.24. The maximum atomic E-state index is 9.21. The third kappa shape index (κ3) is 2.39. The van der Waals surface area contributed by atoms with Crippen LogP contribution in [0.5, 0.6) is 0 Å². The Morgan fingerprint density at radius 1 is 1.53 bits per heavy atom. The molecule has 0 aliphatic carbocycles. The summed E-state index contributed by atoms with van der Waals surface area (Å²) < 4.78 is 6.38. The first-order valence-electron chi connectivity index (χ1n) is 4.98. The minimum atomic E-state index is -0.305. The fourth-order valence-corrected chi connectivity index (χ4v) is 2.36. The van der Waals surface area contributed by atoms with Gasteiger partial charge in [0.25, 0.3) is 0 Å². The quantitative estimate of drug-likeness (QED) is 0.824. The Kier molecular flexibility index (Phi) is 3.08. The van der Waals surface area contributed by atoms with Crippen molar-refractivity contribution in [1.82, 2.24) is 0 Å². The molecule has 1 aliphatic heterocycles. The molecule has 1 saturated heterocycles. The summed E-state index contributed by atoms with van der Waals surface area (Å²) in [7, 11) is 0. The topological polar surface area (TPSA) is 33.0 Å². The first kappa shape index (κ1) is 10.7. The van der Waals surface area contributed by atoms with Gasteiger partial charge in [-0.15, -0.1) is 0 Å². The van der Waals surface area contributed by atoms with Gasteiger partial charge < -0.3 is 4.74 Å². The number of ether oxygens (including phenoxy) is 1. The van der Waals surface area contributed by atoms with E-state index in [-0.39, 0.29) is 5.41 Å². The Bertz CT molecular complexity index is 391. The molecule has 1 atom stereocenters. The number of nitrogens with zero attached hydrogens (tertiary/aromatic N) is 1. The second-order valence-electron chi connectivity index (χ2n) is 4.00. The maximum Gasteiger partial charge on any atom is 0.0868 e. The van der Waals surface area contributed by atoms with Crippen LogP contribution in [0.2, 0.25) is 0 Å². The average Bonchev–Trinajstić information content (AvgIpc) is 2.67. The monoisotopic (exact) mass is 265 g/mol. The molecule has 2 rings (SSSR count). The highest BCUT2D eigenvalue weighted by molar-refractivity contribution is 9.10. The predicted octanol–water partition coefficient (Wildman–Crippen LogP) is 2.92. The van der Waals surface area contributed by atoms with Gasteiger partial charge in [0, 0.05) is 11.1 Å². The molecule has 3 heteroatoms. The van der Waals surface area contributed by atoms with E-state index >= 15 is 0 Å². The molecular weight excluding hydrogens is 254 g/mol. The summed E-state index contributed by atoms with van der Waals surface area (Å²) in [4.78, 5) is 0. The Morgan fingerprint density at radius 2 is 2.40 bits per heavy atom. The molecule has 78 valence electrons. The minimum Gasteiger partial charge on any atom is -0.380 e. The summed E-state index contributed by atoms with van der Waals surface area (Å²) in [5, 5.41) is 9.21. The molecule has 0 radical (unpaired) electrons. The van der Waals surface area contributed by atoms with Crippen molar-refractivity contribution >= 4 is 15.9 Å². The second kappa shape index (κ2) is 4.34. The summed E-state index contributed by atoms with van der Waals surface area (Å²) in [6.07, 6.45) is 1.62. The minimum absolute atomic E-state index is 0.305. The van der Waals surface area contributed by atoms with Gasteiger partial charge in [-0.3, -0.25) is 0 Å². The predicted molar refractivity (Wildman–Crippen MR) is 61.3 cm³/mol. The molecule has 1 aromatic rings. The molecule has 15 heavy (non-hydrogen) atoms. The zero-order chi connectivity index (χ0) is 10.7. The maximum absolute atomic E-state index is 9.21. The Balaban J connectivity index is 2.17. The molecule has 2 nitrogen and oxygen atoms in total. The second-order valence-corrected chi connectivity index (χ2v) is 4.92. The zero-order valence-corrected chi connectivity index (χ0v) is 9.96. The molecule has 0 saturated carbocycles. The number of hydrogen-bond acceptors (Lipinski definition) is 2. The summed E-state index contributed by atoms with van der Waals surface area (Å²) in [5.41, 5.74) is 0.886. The number of hydrogen-bond donors (Lipinski definition) is 0. The average molecular weight is 266 g/mol. The van der Waals surface area contributed by atoms with Gasteiger partial charge in [-0.05, 0) is 30.5 Å². The van der Waals surface area contributed by atoms with Crippen LogP contribution in [-0.2, 0) is 11.2 Å². The van der Waals surface area contributed by atoms with Crippen LogP contribution in [0.25, 0.3) is 0 Å². The lowest BCUT2D eigenvalue weighted by atomic mass is 9.82. The molecule has 0 N–H and O–H groups in total. The van der Waals surface area contributed by atoms with Gasteiger partial charge in [-0.25, -0.2) is 0 Å². The van der Waals surface area contributed by atoms with E-state index in [2.05, 4.69) is 34.1 Å². The third-order valence-electron chi connectivity index (χ3n) is 2.77. The Morgan fingerprint density at radius 3 is 3.00 bits per heavy atom. The lowest BCUT2D eigenvalue weighted by Crippen LogP contribution is -2.21. The van der Waals surface area contributed by atoms with E-state index in [0.717, 1.165) is 17.3 Å².